The molecule has 0 spiro atoms. The Hall–Kier alpha value is -3.75. The quantitative estimate of drug-likeness (QED) is 0.509. The number of amides is 2. The fourth-order valence-electron chi connectivity index (χ4n) is 3.33. The van der Waals surface area contributed by atoms with Gasteiger partial charge in [0, 0.05) is 18.2 Å². The van der Waals surface area contributed by atoms with Gasteiger partial charge in [0.2, 0.25) is 11.8 Å². The Morgan fingerprint density at radius 1 is 1.23 bits per heavy atom. The van der Waals surface area contributed by atoms with Gasteiger partial charge in [0.25, 0.3) is 0 Å². The fraction of sp³-hybridized carbons (Fsp3) is 0.273. The lowest BCUT2D eigenvalue weighted by Crippen LogP contribution is -2.42. The SMILES string of the molecule is Cc1ccc2nc(-c3ccc(F)c(C)c3)c(CC(=O)NC(CCC(N)=O)C(=O)O)n2c1. The van der Waals surface area contributed by atoms with Crippen LogP contribution in [0.4, 0.5) is 4.39 Å². The number of aryl methyl sites for hydroxylation is 2. The first-order valence-corrected chi connectivity index (χ1v) is 9.70. The molecule has 31 heavy (non-hydrogen) atoms. The lowest BCUT2D eigenvalue weighted by molar-refractivity contribution is -0.142. The summed E-state index contributed by atoms with van der Waals surface area (Å²) in [5, 5.41) is 11.8. The van der Waals surface area contributed by atoms with E-state index < -0.39 is 23.8 Å². The number of aromatic nitrogens is 2. The summed E-state index contributed by atoms with van der Waals surface area (Å²) in [5.41, 5.74) is 8.77. The van der Waals surface area contributed by atoms with E-state index in [9.17, 15) is 23.9 Å². The molecule has 9 heteroatoms. The van der Waals surface area contributed by atoms with Gasteiger partial charge in [-0.3, -0.25) is 9.59 Å². The van der Waals surface area contributed by atoms with Crippen molar-refractivity contribution in [1.82, 2.24) is 14.7 Å². The van der Waals surface area contributed by atoms with Crippen LogP contribution in [0.2, 0.25) is 0 Å². The van der Waals surface area contributed by atoms with Crippen LogP contribution in [0.15, 0.2) is 36.5 Å². The van der Waals surface area contributed by atoms with Crippen LogP contribution in [0.25, 0.3) is 16.9 Å². The number of primary amides is 1. The van der Waals surface area contributed by atoms with Crippen LogP contribution < -0.4 is 11.1 Å². The number of aliphatic carboxylic acids is 1. The molecular formula is C22H23FN4O4. The molecule has 162 valence electrons. The smallest absolute Gasteiger partial charge is 0.326 e. The number of nitrogens with one attached hydrogen (secondary N) is 1. The fourth-order valence-corrected chi connectivity index (χ4v) is 3.33. The maximum atomic E-state index is 13.8. The Balaban J connectivity index is 1.96. The van der Waals surface area contributed by atoms with Crippen molar-refractivity contribution in [1.29, 1.82) is 0 Å². The van der Waals surface area contributed by atoms with Crippen LogP contribution >= 0.6 is 0 Å². The molecule has 3 rings (SSSR count). The molecule has 2 aromatic heterocycles. The molecule has 8 nitrogen and oxygen atoms in total. The maximum absolute atomic E-state index is 13.8. The van der Waals surface area contributed by atoms with E-state index in [2.05, 4.69) is 10.3 Å². The molecule has 0 aliphatic rings. The molecule has 0 aliphatic carbocycles. The molecule has 0 bridgehead atoms. The second-order valence-electron chi connectivity index (χ2n) is 7.45. The van der Waals surface area contributed by atoms with Gasteiger partial charge in [-0.2, -0.15) is 0 Å². The largest absolute Gasteiger partial charge is 0.480 e. The number of carbonyl (C=O) groups is 3. The monoisotopic (exact) mass is 426 g/mol. The molecule has 0 saturated heterocycles. The average molecular weight is 426 g/mol. The Morgan fingerprint density at radius 3 is 2.61 bits per heavy atom. The minimum absolute atomic E-state index is 0.104. The highest BCUT2D eigenvalue weighted by Gasteiger charge is 2.23. The number of carbonyl (C=O) groups excluding carboxylic acids is 2. The summed E-state index contributed by atoms with van der Waals surface area (Å²) in [5.74, 6) is -2.79. The van der Waals surface area contributed by atoms with Gasteiger partial charge >= 0.3 is 5.97 Å². The lowest BCUT2D eigenvalue weighted by atomic mass is 10.0. The summed E-state index contributed by atoms with van der Waals surface area (Å²) < 4.78 is 15.5. The van der Waals surface area contributed by atoms with Crippen molar-refractivity contribution in [3.63, 3.8) is 0 Å². The summed E-state index contributed by atoms with van der Waals surface area (Å²) in [6.45, 7) is 3.54. The number of fused-ring (bicyclic) bond motifs is 1. The van der Waals surface area contributed by atoms with Crippen LogP contribution in [-0.2, 0) is 20.8 Å². The average Bonchev–Trinajstić information content (AvgIpc) is 3.04. The molecule has 4 N–H and O–H groups in total. The van der Waals surface area contributed by atoms with Gasteiger partial charge in [-0.05, 0) is 55.7 Å². The minimum atomic E-state index is -1.25. The Labute approximate surface area is 177 Å². The van der Waals surface area contributed by atoms with E-state index in [4.69, 9.17) is 5.73 Å². The summed E-state index contributed by atoms with van der Waals surface area (Å²) >= 11 is 0. The lowest BCUT2D eigenvalue weighted by Gasteiger charge is -2.14. The van der Waals surface area contributed by atoms with Crippen LogP contribution in [0.5, 0.6) is 0 Å². The number of benzene rings is 1. The van der Waals surface area contributed by atoms with Gasteiger partial charge in [-0.1, -0.05) is 6.07 Å². The molecular weight excluding hydrogens is 403 g/mol. The summed E-state index contributed by atoms with van der Waals surface area (Å²) in [6.07, 6.45) is 1.40. The van der Waals surface area contributed by atoms with Gasteiger partial charge in [0.1, 0.15) is 17.5 Å². The second kappa shape index (κ2) is 8.95. The van der Waals surface area contributed by atoms with E-state index in [-0.39, 0.29) is 25.1 Å². The van der Waals surface area contributed by atoms with Gasteiger partial charge in [-0.25, -0.2) is 14.2 Å². The van der Waals surface area contributed by atoms with Crippen LogP contribution in [-0.4, -0.2) is 38.3 Å². The molecule has 2 heterocycles. The molecule has 1 aromatic carbocycles. The predicted octanol–water partition coefficient (Wildman–Crippen LogP) is 2.13. The van der Waals surface area contributed by atoms with Crippen molar-refractivity contribution in [2.45, 2.75) is 39.2 Å². The van der Waals surface area contributed by atoms with Crippen molar-refractivity contribution in [3.05, 3.63) is 59.2 Å². The number of carboxylic acids is 1. The number of hydrogen-bond donors (Lipinski definition) is 3. The molecule has 1 atom stereocenters. The highest BCUT2D eigenvalue weighted by atomic mass is 19.1. The summed E-state index contributed by atoms with van der Waals surface area (Å²) in [4.78, 5) is 39.7. The zero-order chi connectivity index (χ0) is 22.7. The van der Waals surface area contributed by atoms with E-state index in [0.29, 0.717) is 28.2 Å². The summed E-state index contributed by atoms with van der Waals surface area (Å²) in [6, 6.07) is 7.04. The van der Waals surface area contributed by atoms with Crippen molar-refractivity contribution >= 4 is 23.4 Å². The maximum Gasteiger partial charge on any atom is 0.326 e. The van der Waals surface area contributed by atoms with E-state index >= 15 is 0 Å². The Bertz CT molecular complexity index is 1170. The molecule has 0 fully saturated rings. The molecule has 3 aromatic rings. The van der Waals surface area contributed by atoms with Gasteiger partial charge in [0.05, 0.1) is 17.8 Å². The van der Waals surface area contributed by atoms with E-state index in [1.54, 1.807) is 23.5 Å². The molecule has 0 aliphatic heterocycles. The Kier molecular flexibility index (Phi) is 6.33. The van der Waals surface area contributed by atoms with E-state index in [0.717, 1.165) is 5.56 Å². The zero-order valence-electron chi connectivity index (χ0n) is 17.2. The highest BCUT2D eigenvalue weighted by molar-refractivity contribution is 5.86. The molecule has 1 unspecified atom stereocenters. The first-order chi connectivity index (χ1) is 14.7. The van der Waals surface area contributed by atoms with Gasteiger partial charge in [-0.15, -0.1) is 0 Å². The molecule has 0 saturated carbocycles. The zero-order valence-corrected chi connectivity index (χ0v) is 17.2. The number of hydrogen-bond acceptors (Lipinski definition) is 4. The number of rotatable bonds is 8. The standard InChI is InChI=1S/C22H23FN4O4/c1-12-3-8-19-26-21(14-4-5-15(23)13(2)9-14)17(27(19)11-12)10-20(29)25-16(22(30)31)6-7-18(24)28/h3-5,8-9,11,16H,6-7,10H2,1-2H3,(H2,24,28)(H,25,29)(H,30,31). The third-order valence-electron chi connectivity index (χ3n) is 4.94. The molecule has 2 amide bonds. The molecule has 0 radical (unpaired) electrons. The normalized spacial score (nSPS) is 12.0. The van der Waals surface area contributed by atoms with Crippen LogP contribution in [0, 0.1) is 19.7 Å². The number of nitrogens with two attached hydrogens (primary N) is 1. The third kappa shape index (κ3) is 5.06. The van der Waals surface area contributed by atoms with Crippen LogP contribution in [0.1, 0.15) is 29.7 Å². The first kappa shape index (κ1) is 21.9. The van der Waals surface area contributed by atoms with Crippen molar-refractivity contribution in [2.75, 3.05) is 0 Å². The second-order valence-corrected chi connectivity index (χ2v) is 7.45. The van der Waals surface area contributed by atoms with Crippen molar-refractivity contribution < 1.29 is 23.9 Å². The topological polar surface area (TPSA) is 127 Å². The van der Waals surface area contributed by atoms with Gasteiger partial charge in [0.15, 0.2) is 0 Å². The number of carboxylic acid groups (broad SMARTS) is 1. The van der Waals surface area contributed by atoms with Gasteiger partial charge < -0.3 is 20.6 Å². The van der Waals surface area contributed by atoms with E-state index in [1.807, 2.05) is 25.3 Å². The Morgan fingerprint density at radius 2 is 1.97 bits per heavy atom. The number of halogens is 1. The number of pyridine rings is 1. The summed E-state index contributed by atoms with van der Waals surface area (Å²) in [7, 11) is 0. The third-order valence-corrected chi connectivity index (χ3v) is 4.94. The number of nitrogens with zero attached hydrogens (tertiary/aromatic N) is 2. The van der Waals surface area contributed by atoms with Crippen molar-refractivity contribution in [3.8, 4) is 11.3 Å². The number of imidazole rings is 1. The van der Waals surface area contributed by atoms with E-state index in [1.165, 1.54) is 6.07 Å². The first-order valence-electron chi connectivity index (χ1n) is 9.70. The van der Waals surface area contributed by atoms with Crippen LogP contribution in [0.3, 0.4) is 0 Å². The van der Waals surface area contributed by atoms with Crippen molar-refractivity contribution in [2.24, 2.45) is 5.73 Å². The minimum Gasteiger partial charge on any atom is -0.480 e. The highest BCUT2D eigenvalue weighted by Crippen LogP contribution is 2.27. The predicted molar refractivity (Wildman–Crippen MR) is 112 cm³/mol.